The van der Waals surface area contributed by atoms with Crippen molar-refractivity contribution in [3.63, 3.8) is 0 Å². The maximum absolute atomic E-state index is 12.5. The van der Waals surface area contributed by atoms with Gasteiger partial charge in [-0.25, -0.2) is 0 Å². The van der Waals surface area contributed by atoms with Gasteiger partial charge in [0.2, 0.25) is 0 Å². The summed E-state index contributed by atoms with van der Waals surface area (Å²) in [5, 5.41) is 10.3. The fraction of sp³-hybridized carbons (Fsp3) is 0.353. The van der Waals surface area contributed by atoms with E-state index in [1.807, 2.05) is 6.92 Å². The number of carbonyl (C=O) groups excluding carboxylic acids is 3. The first kappa shape index (κ1) is 20.4. The molecule has 0 spiro atoms. The highest BCUT2D eigenvalue weighted by Crippen LogP contribution is 2.35. The number of ether oxygens (including phenoxy) is 2. The highest BCUT2D eigenvalue weighted by atomic mass is 32.2. The van der Waals surface area contributed by atoms with Gasteiger partial charge >= 0.3 is 5.97 Å². The number of carbonyl (C=O) groups is 3. The number of methoxy groups -OCH3 is 1. The average Bonchev–Trinajstić information content (AvgIpc) is 2.88. The van der Waals surface area contributed by atoms with Gasteiger partial charge in [-0.1, -0.05) is 6.92 Å². The summed E-state index contributed by atoms with van der Waals surface area (Å²) in [7, 11) is 1.38. The van der Waals surface area contributed by atoms with Crippen LogP contribution in [0.5, 0.6) is 5.75 Å². The number of rotatable bonds is 7. The van der Waals surface area contributed by atoms with Crippen molar-refractivity contribution in [2.24, 2.45) is 0 Å². The number of thioether (sulfide) groups is 1. The van der Waals surface area contributed by atoms with Crippen LogP contribution in [-0.4, -0.2) is 46.7 Å². The van der Waals surface area contributed by atoms with Gasteiger partial charge in [-0.2, -0.15) is 0 Å². The van der Waals surface area contributed by atoms with Crippen LogP contribution in [-0.2, 0) is 14.3 Å². The summed E-state index contributed by atoms with van der Waals surface area (Å²) in [4.78, 5) is 47.6. The van der Waals surface area contributed by atoms with Crippen molar-refractivity contribution in [3.05, 3.63) is 38.8 Å². The molecule has 1 fully saturated rings. The molecule has 0 N–H and O–H groups in total. The van der Waals surface area contributed by atoms with E-state index in [2.05, 4.69) is 0 Å². The number of imide groups is 1. The molecule has 2 rings (SSSR count). The molecule has 9 nitrogen and oxygen atoms in total. The van der Waals surface area contributed by atoms with Gasteiger partial charge < -0.3 is 9.47 Å². The van der Waals surface area contributed by atoms with E-state index in [4.69, 9.17) is 9.47 Å². The van der Waals surface area contributed by atoms with Crippen LogP contribution in [0.15, 0.2) is 23.1 Å². The van der Waals surface area contributed by atoms with E-state index in [-0.39, 0.29) is 22.3 Å². The minimum atomic E-state index is -0.680. The third-order valence-corrected chi connectivity index (χ3v) is 4.69. The number of benzene rings is 1. The van der Waals surface area contributed by atoms with Crippen LogP contribution < -0.4 is 4.74 Å². The number of esters is 1. The number of nitro groups is 1. The van der Waals surface area contributed by atoms with E-state index >= 15 is 0 Å². The van der Waals surface area contributed by atoms with Gasteiger partial charge in [0.15, 0.2) is 0 Å². The molecule has 2 amide bonds. The Bertz CT molecular complexity index is 821. The normalized spacial score (nSPS) is 16.6. The quantitative estimate of drug-likeness (QED) is 0.300. The van der Waals surface area contributed by atoms with Crippen LogP contribution in [0.1, 0.15) is 25.8 Å². The summed E-state index contributed by atoms with van der Waals surface area (Å²) in [6.07, 6.45) is 1.62. The molecule has 1 heterocycles. The molecular weight excluding hydrogens is 376 g/mol. The summed E-state index contributed by atoms with van der Waals surface area (Å²) in [5.74, 6) is -1.04. The minimum Gasteiger partial charge on any atom is -0.496 e. The SMILES string of the molecule is CC[C@@H](C)OC(=O)CN1C(=O)S/C(=C/c2cc([N+](=O)[O-])ccc2OC)C1=O. The molecule has 10 heteroatoms. The molecule has 0 aromatic heterocycles. The molecule has 144 valence electrons. The van der Waals surface area contributed by atoms with E-state index in [1.54, 1.807) is 6.92 Å². The summed E-state index contributed by atoms with van der Waals surface area (Å²) in [6.45, 7) is 3.06. The topological polar surface area (TPSA) is 116 Å². The molecule has 1 aromatic carbocycles. The van der Waals surface area contributed by atoms with Crippen molar-refractivity contribution < 1.29 is 28.8 Å². The van der Waals surface area contributed by atoms with E-state index in [1.165, 1.54) is 31.4 Å². The van der Waals surface area contributed by atoms with Gasteiger partial charge in [-0.3, -0.25) is 29.4 Å². The number of hydrogen-bond donors (Lipinski definition) is 0. The lowest BCUT2D eigenvalue weighted by atomic mass is 10.1. The predicted octanol–water partition coefficient (Wildman–Crippen LogP) is 2.98. The molecular formula is C17H18N2O7S. The Morgan fingerprint density at radius 2 is 2.11 bits per heavy atom. The second-order valence-electron chi connectivity index (χ2n) is 5.66. The Morgan fingerprint density at radius 3 is 2.70 bits per heavy atom. The first-order valence-electron chi connectivity index (χ1n) is 8.04. The first-order chi connectivity index (χ1) is 12.8. The summed E-state index contributed by atoms with van der Waals surface area (Å²) < 4.78 is 10.2. The maximum Gasteiger partial charge on any atom is 0.326 e. The zero-order valence-corrected chi connectivity index (χ0v) is 15.8. The second kappa shape index (κ2) is 8.67. The summed E-state index contributed by atoms with van der Waals surface area (Å²) >= 11 is 0.642. The Hall–Kier alpha value is -2.88. The molecule has 0 radical (unpaired) electrons. The molecule has 27 heavy (non-hydrogen) atoms. The minimum absolute atomic E-state index is 0.0372. The summed E-state index contributed by atoms with van der Waals surface area (Å²) in [6, 6.07) is 3.91. The van der Waals surface area contributed by atoms with E-state index in [0.717, 1.165) is 4.90 Å². The number of amides is 2. The van der Waals surface area contributed by atoms with Crippen LogP contribution >= 0.6 is 11.8 Å². The van der Waals surface area contributed by atoms with Crippen LogP contribution in [0.2, 0.25) is 0 Å². The lowest BCUT2D eigenvalue weighted by Crippen LogP contribution is -2.35. The number of nitrogens with zero attached hydrogens (tertiary/aromatic N) is 2. The zero-order chi connectivity index (χ0) is 20.1. The van der Waals surface area contributed by atoms with Crippen LogP contribution in [0.4, 0.5) is 10.5 Å². The van der Waals surface area contributed by atoms with Crippen molar-refractivity contribution in [2.45, 2.75) is 26.4 Å². The van der Waals surface area contributed by atoms with Crippen LogP contribution in [0, 0.1) is 10.1 Å². The first-order valence-corrected chi connectivity index (χ1v) is 8.85. The monoisotopic (exact) mass is 394 g/mol. The Balaban J connectivity index is 2.24. The molecule has 0 aliphatic carbocycles. The molecule has 0 unspecified atom stereocenters. The molecule has 1 aromatic rings. The Labute approximate surface area is 159 Å². The Kier molecular flexibility index (Phi) is 6.56. The van der Waals surface area contributed by atoms with Crippen molar-refractivity contribution in [1.29, 1.82) is 0 Å². The van der Waals surface area contributed by atoms with Crippen molar-refractivity contribution in [3.8, 4) is 5.75 Å². The van der Waals surface area contributed by atoms with E-state index in [0.29, 0.717) is 23.9 Å². The fourth-order valence-electron chi connectivity index (χ4n) is 2.20. The van der Waals surface area contributed by atoms with Gasteiger partial charge in [-0.05, 0) is 37.2 Å². The zero-order valence-electron chi connectivity index (χ0n) is 15.0. The van der Waals surface area contributed by atoms with Gasteiger partial charge in [0, 0.05) is 17.7 Å². The standard InChI is InChI=1S/C17H18N2O7S/c1-4-10(2)26-15(20)9-18-16(21)14(27-17(18)22)8-11-7-12(19(23)24)5-6-13(11)25-3/h5-8,10H,4,9H2,1-3H3/b14-8+/t10-/m1/s1. The lowest BCUT2D eigenvalue weighted by molar-refractivity contribution is -0.384. The number of non-ortho nitro benzene ring substituents is 1. The third-order valence-electron chi connectivity index (χ3n) is 3.78. The predicted molar refractivity (Wildman–Crippen MR) is 98.2 cm³/mol. The fourth-order valence-corrected chi connectivity index (χ4v) is 3.03. The maximum atomic E-state index is 12.5. The second-order valence-corrected chi connectivity index (χ2v) is 6.65. The van der Waals surface area contributed by atoms with Crippen LogP contribution in [0.3, 0.4) is 0 Å². The molecule has 0 bridgehead atoms. The van der Waals surface area contributed by atoms with Crippen LogP contribution in [0.25, 0.3) is 6.08 Å². The van der Waals surface area contributed by atoms with E-state index in [9.17, 15) is 24.5 Å². The van der Waals surface area contributed by atoms with Crippen molar-refractivity contribution >= 4 is 40.6 Å². The molecule has 1 saturated heterocycles. The molecule has 1 aliphatic heterocycles. The van der Waals surface area contributed by atoms with Gasteiger partial charge in [0.05, 0.1) is 23.0 Å². The number of nitro benzene ring substituents is 1. The highest BCUT2D eigenvalue weighted by Gasteiger charge is 2.37. The number of hydrogen-bond acceptors (Lipinski definition) is 8. The average molecular weight is 394 g/mol. The third kappa shape index (κ3) is 4.85. The molecule has 0 saturated carbocycles. The highest BCUT2D eigenvalue weighted by molar-refractivity contribution is 8.18. The van der Waals surface area contributed by atoms with Gasteiger partial charge in [0.25, 0.3) is 16.8 Å². The molecule has 1 atom stereocenters. The van der Waals surface area contributed by atoms with E-state index < -0.39 is 28.6 Å². The lowest BCUT2D eigenvalue weighted by Gasteiger charge is -2.14. The van der Waals surface area contributed by atoms with Crippen molar-refractivity contribution in [2.75, 3.05) is 13.7 Å². The summed E-state index contributed by atoms with van der Waals surface area (Å²) in [5.41, 5.74) is 0.0952. The Morgan fingerprint density at radius 1 is 1.41 bits per heavy atom. The smallest absolute Gasteiger partial charge is 0.326 e. The largest absolute Gasteiger partial charge is 0.496 e. The van der Waals surface area contributed by atoms with Gasteiger partial charge in [0.1, 0.15) is 12.3 Å². The molecule has 1 aliphatic rings. The van der Waals surface area contributed by atoms with Gasteiger partial charge in [-0.15, -0.1) is 0 Å². The van der Waals surface area contributed by atoms with Crippen molar-refractivity contribution in [1.82, 2.24) is 4.90 Å².